The van der Waals surface area contributed by atoms with Gasteiger partial charge >= 0.3 is 0 Å². The Morgan fingerprint density at radius 1 is 1.26 bits per heavy atom. The Hall–Kier alpha value is -2.31. The third kappa shape index (κ3) is 4.90. The summed E-state index contributed by atoms with van der Waals surface area (Å²) in [6.45, 7) is 5.83. The number of aryl methyl sites for hydroxylation is 2. The molecule has 0 unspecified atom stereocenters. The zero-order chi connectivity index (χ0) is 19.4. The number of anilines is 1. The molecule has 1 atom stereocenters. The monoisotopic (exact) mass is 401 g/mol. The van der Waals surface area contributed by atoms with E-state index in [0.29, 0.717) is 22.5 Å². The lowest BCUT2D eigenvalue weighted by atomic mass is 10.1. The predicted molar refractivity (Wildman–Crippen MR) is 110 cm³/mol. The Labute approximate surface area is 167 Å². The minimum atomic E-state index is -0.263. The molecule has 140 valence electrons. The summed E-state index contributed by atoms with van der Waals surface area (Å²) in [6, 6.07) is 13.3. The van der Waals surface area contributed by atoms with E-state index in [-0.39, 0.29) is 11.2 Å². The molecular weight excluding hydrogens is 382 g/mol. The first-order chi connectivity index (χ1) is 12.9. The predicted octanol–water partition coefficient (Wildman–Crippen LogP) is 5.27. The van der Waals surface area contributed by atoms with Crippen LogP contribution >= 0.6 is 23.4 Å². The Morgan fingerprint density at radius 3 is 2.81 bits per heavy atom. The molecule has 0 aliphatic carbocycles. The van der Waals surface area contributed by atoms with Gasteiger partial charge in [0.1, 0.15) is 0 Å². The Bertz CT molecular complexity index is 958. The molecule has 0 saturated carbocycles. The quantitative estimate of drug-likeness (QED) is 0.609. The first kappa shape index (κ1) is 19.5. The van der Waals surface area contributed by atoms with Crippen molar-refractivity contribution in [1.82, 2.24) is 10.1 Å². The number of amides is 1. The smallest absolute Gasteiger partial charge is 0.237 e. The Morgan fingerprint density at radius 2 is 2.04 bits per heavy atom. The van der Waals surface area contributed by atoms with Gasteiger partial charge in [-0.15, -0.1) is 11.8 Å². The van der Waals surface area contributed by atoms with Crippen LogP contribution in [0.3, 0.4) is 0 Å². The van der Waals surface area contributed by atoms with Crippen LogP contribution in [0.4, 0.5) is 5.69 Å². The van der Waals surface area contributed by atoms with E-state index in [4.69, 9.17) is 16.1 Å². The normalized spacial score (nSPS) is 12.0. The van der Waals surface area contributed by atoms with Gasteiger partial charge in [-0.1, -0.05) is 41.0 Å². The number of thioether (sulfide) groups is 1. The molecule has 1 N–H and O–H groups in total. The number of nitrogens with one attached hydrogen (secondary N) is 1. The number of rotatable bonds is 6. The zero-order valence-corrected chi connectivity index (χ0v) is 16.9. The fourth-order valence-corrected chi connectivity index (χ4v) is 3.38. The second-order valence-electron chi connectivity index (χ2n) is 6.25. The molecule has 5 nitrogen and oxygen atoms in total. The molecule has 0 fully saturated rings. The van der Waals surface area contributed by atoms with Gasteiger partial charge in [-0.2, -0.15) is 4.98 Å². The topological polar surface area (TPSA) is 68.0 Å². The highest BCUT2D eigenvalue weighted by Gasteiger charge is 2.17. The summed E-state index contributed by atoms with van der Waals surface area (Å²) < 4.78 is 5.29. The molecule has 3 rings (SSSR count). The fourth-order valence-electron chi connectivity index (χ4n) is 2.44. The number of carbonyl (C=O) groups is 1. The average molecular weight is 402 g/mol. The van der Waals surface area contributed by atoms with Gasteiger partial charge in [0.25, 0.3) is 0 Å². The van der Waals surface area contributed by atoms with Crippen LogP contribution in [0.25, 0.3) is 11.4 Å². The third-order valence-electron chi connectivity index (χ3n) is 4.06. The lowest BCUT2D eigenvalue weighted by Gasteiger charge is -2.13. The van der Waals surface area contributed by atoms with E-state index in [1.54, 1.807) is 6.07 Å². The largest absolute Gasteiger partial charge is 0.338 e. The van der Waals surface area contributed by atoms with E-state index in [0.717, 1.165) is 22.4 Å². The van der Waals surface area contributed by atoms with Crippen LogP contribution in [0.5, 0.6) is 0 Å². The number of aromatic nitrogens is 2. The van der Waals surface area contributed by atoms with E-state index in [2.05, 4.69) is 15.5 Å². The maximum absolute atomic E-state index is 12.5. The van der Waals surface area contributed by atoms with E-state index in [9.17, 15) is 4.79 Å². The van der Waals surface area contributed by atoms with Gasteiger partial charge < -0.3 is 9.84 Å². The SMILES string of the molecule is Cc1ccc(C)c(NC(=O)[C@H](C)SCc2nc(-c3ccccc3Cl)no2)c1. The minimum absolute atomic E-state index is 0.0560. The van der Waals surface area contributed by atoms with Crippen LogP contribution in [0.15, 0.2) is 47.0 Å². The summed E-state index contributed by atoms with van der Waals surface area (Å²) in [6.07, 6.45) is 0. The van der Waals surface area contributed by atoms with E-state index in [1.807, 2.05) is 57.2 Å². The van der Waals surface area contributed by atoms with Gasteiger partial charge in [0.15, 0.2) is 0 Å². The summed E-state index contributed by atoms with van der Waals surface area (Å²) in [5.41, 5.74) is 3.70. The maximum atomic E-state index is 12.5. The standard InChI is InChI=1S/C20H20ClN3O2S/c1-12-8-9-13(2)17(10-12)22-20(25)14(3)27-11-18-23-19(24-26-18)15-6-4-5-7-16(15)21/h4-10,14H,11H2,1-3H3,(H,22,25)/t14-/m0/s1. The molecular formula is C20H20ClN3O2S. The van der Waals surface area contributed by atoms with Gasteiger partial charge in [-0.25, -0.2) is 0 Å². The Balaban J connectivity index is 1.59. The second kappa shape index (κ2) is 8.59. The lowest BCUT2D eigenvalue weighted by molar-refractivity contribution is -0.115. The highest BCUT2D eigenvalue weighted by molar-refractivity contribution is 7.99. The summed E-state index contributed by atoms with van der Waals surface area (Å²) in [7, 11) is 0. The molecule has 0 aliphatic heterocycles. The molecule has 0 radical (unpaired) electrons. The van der Waals surface area contributed by atoms with E-state index < -0.39 is 0 Å². The van der Waals surface area contributed by atoms with Crippen LogP contribution in [-0.4, -0.2) is 21.3 Å². The van der Waals surface area contributed by atoms with E-state index >= 15 is 0 Å². The summed E-state index contributed by atoms with van der Waals surface area (Å²) in [5.74, 6) is 1.29. The zero-order valence-electron chi connectivity index (χ0n) is 15.3. The molecule has 3 aromatic rings. The number of nitrogens with zero attached hydrogens (tertiary/aromatic N) is 2. The van der Waals surface area contributed by atoms with Gasteiger partial charge in [0, 0.05) is 11.3 Å². The molecule has 0 saturated heterocycles. The van der Waals surface area contributed by atoms with Crippen molar-refractivity contribution in [3.05, 3.63) is 64.5 Å². The molecule has 0 bridgehead atoms. The van der Waals surface area contributed by atoms with Crippen LogP contribution in [0, 0.1) is 13.8 Å². The van der Waals surface area contributed by atoms with Gasteiger partial charge in [0.2, 0.25) is 17.6 Å². The highest BCUT2D eigenvalue weighted by atomic mass is 35.5. The second-order valence-corrected chi connectivity index (χ2v) is 7.99. The summed E-state index contributed by atoms with van der Waals surface area (Å²) in [4.78, 5) is 16.8. The van der Waals surface area contributed by atoms with Crippen molar-refractivity contribution < 1.29 is 9.32 Å². The molecule has 1 aromatic heterocycles. The number of hydrogen-bond acceptors (Lipinski definition) is 5. The molecule has 1 heterocycles. The van der Waals surface area contributed by atoms with Crippen molar-refractivity contribution in [2.75, 3.05) is 5.32 Å². The molecule has 2 aromatic carbocycles. The van der Waals surface area contributed by atoms with Crippen molar-refractivity contribution in [2.24, 2.45) is 0 Å². The lowest BCUT2D eigenvalue weighted by Crippen LogP contribution is -2.23. The first-order valence-corrected chi connectivity index (χ1v) is 9.94. The van der Waals surface area contributed by atoms with Crippen LogP contribution in [0.2, 0.25) is 5.02 Å². The number of halogens is 1. The molecule has 0 spiro atoms. The first-order valence-electron chi connectivity index (χ1n) is 8.51. The van der Waals surface area contributed by atoms with Gasteiger partial charge in [-0.3, -0.25) is 4.79 Å². The molecule has 1 amide bonds. The van der Waals surface area contributed by atoms with Crippen molar-refractivity contribution in [1.29, 1.82) is 0 Å². The van der Waals surface area contributed by atoms with Gasteiger partial charge in [-0.05, 0) is 50.1 Å². The van der Waals surface area contributed by atoms with Crippen molar-refractivity contribution in [3.63, 3.8) is 0 Å². The third-order valence-corrected chi connectivity index (χ3v) is 5.52. The van der Waals surface area contributed by atoms with Crippen molar-refractivity contribution in [2.45, 2.75) is 31.8 Å². The van der Waals surface area contributed by atoms with Crippen LogP contribution < -0.4 is 5.32 Å². The maximum Gasteiger partial charge on any atom is 0.237 e. The number of carbonyl (C=O) groups excluding carboxylic acids is 1. The summed E-state index contributed by atoms with van der Waals surface area (Å²) >= 11 is 7.60. The molecule has 0 aliphatic rings. The minimum Gasteiger partial charge on any atom is -0.338 e. The van der Waals surface area contributed by atoms with Crippen LogP contribution in [0.1, 0.15) is 23.9 Å². The summed E-state index contributed by atoms with van der Waals surface area (Å²) in [5, 5.41) is 7.26. The van der Waals surface area contributed by atoms with Gasteiger partial charge in [0.05, 0.1) is 16.0 Å². The number of hydrogen-bond donors (Lipinski definition) is 1. The van der Waals surface area contributed by atoms with Crippen molar-refractivity contribution in [3.8, 4) is 11.4 Å². The fraction of sp³-hybridized carbons (Fsp3) is 0.250. The molecule has 7 heteroatoms. The average Bonchev–Trinajstić information content (AvgIpc) is 3.11. The van der Waals surface area contributed by atoms with Crippen molar-refractivity contribution >= 4 is 35.0 Å². The highest BCUT2D eigenvalue weighted by Crippen LogP contribution is 2.26. The Kier molecular flexibility index (Phi) is 6.19. The number of benzene rings is 2. The van der Waals surface area contributed by atoms with Crippen LogP contribution in [-0.2, 0) is 10.5 Å². The molecule has 27 heavy (non-hydrogen) atoms. The van der Waals surface area contributed by atoms with E-state index in [1.165, 1.54) is 11.8 Å².